The van der Waals surface area contributed by atoms with E-state index in [0.29, 0.717) is 0 Å². The summed E-state index contributed by atoms with van der Waals surface area (Å²) in [5.41, 5.74) is 9.87. The fourth-order valence-corrected chi connectivity index (χ4v) is 3.53. The zero-order chi connectivity index (χ0) is 20.0. The van der Waals surface area contributed by atoms with Gasteiger partial charge in [-0.2, -0.15) is 10.2 Å². The topological polar surface area (TPSA) is 24.7 Å². The second-order valence-corrected chi connectivity index (χ2v) is 8.09. The molecular weight excluding hydrogens is 443 g/mol. The summed E-state index contributed by atoms with van der Waals surface area (Å²) in [6, 6.07) is 18.2. The largest absolute Gasteiger partial charge is 0.151 e. The first-order chi connectivity index (χ1) is 12.8. The van der Waals surface area contributed by atoms with Gasteiger partial charge in [0.15, 0.2) is 0 Å². The summed E-state index contributed by atoms with van der Waals surface area (Å²) in [6.07, 6.45) is 0. The van der Waals surface area contributed by atoms with E-state index in [0.717, 1.165) is 11.4 Å². The van der Waals surface area contributed by atoms with Gasteiger partial charge in [0.05, 0.1) is 11.4 Å². The number of nitrogens with zero attached hydrogens (tertiary/aromatic N) is 2. The molecule has 0 spiro atoms. The Bertz CT molecular complexity index is 885. The number of aryl methyl sites for hydroxylation is 3. The van der Waals surface area contributed by atoms with Crippen LogP contribution in [0.2, 0.25) is 0 Å². The van der Waals surface area contributed by atoms with Gasteiger partial charge in [-0.25, -0.2) is 0 Å². The van der Waals surface area contributed by atoms with E-state index in [9.17, 15) is 0 Å². The molecule has 0 saturated heterocycles. The highest BCUT2D eigenvalue weighted by Gasteiger charge is 2.03. The molecule has 0 radical (unpaired) electrons. The Morgan fingerprint density at radius 3 is 1.52 bits per heavy atom. The van der Waals surface area contributed by atoms with E-state index in [1.165, 1.54) is 37.0 Å². The van der Waals surface area contributed by atoms with Gasteiger partial charge in [-0.15, -0.1) is 0 Å². The van der Waals surface area contributed by atoms with Crippen LogP contribution in [0.5, 0.6) is 0 Å². The molecular formula is C24H27IN2. The van der Waals surface area contributed by atoms with Crippen molar-refractivity contribution in [2.45, 2.75) is 41.5 Å². The first-order valence-corrected chi connectivity index (χ1v) is 10.1. The van der Waals surface area contributed by atoms with Crippen LogP contribution in [0.3, 0.4) is 0 Å². The van der Waals surface area contributed by atoms with Crippen LogP contribution in [-0.4, -0.2) is 0 Å². The van der Waals surface area contributed by atoms with E-state index in [-0.39, 0.29) is 0 Å². The standard InChI is InChI=1S/C14H14N2.C10H13I/c1-11-5-3-7-13(9-11)15-16-14-8-4-6-12(2)10-14;1-6-5-10(11)9(4)8(3)7(6)2/h3-10H,1-2H3;5H,1-4H3. The zero-order valence-corrected chi connectivity index (χ0v) is 19.1. The van der Waals surface area contributed by atoms with Crippen molar-refractivity contribution in [1.82, 2.24) is 0 Å². The van der Waals surface area contributed by atoms with Gasteiger partial charge in [0.25, 0.3) is 0 Å². The summed E-state index contributed by atoms with van der Waals surface area (Å²) >= 11 is 2.39. The quantitative estimate of drug-likeness (QED) is 0.266. The van der Waals surface area contributed by atoms with Gasteiger partial charge in [0, 0.05) is 3.57 Å². The van der Waals surface area contributed by atoms with Gasteiger partial charge in [-0.05, 0) is 128 Å². The van der Waals surface area contributed by atoms with Crippen LogP contribution in [0.1, 0.15) is 33.4 Å². The molecule has 0 amide bonds. The number of halogens is 1. The average molecular weight is 470 g/mol. The van der Waals surface area contributed by atoms with Crippen molar-refractivity contribution in [1.29, 1.82) is 0 Å². The zero-order valence-electron chi connectivity index (χ0n) is 17.0. The lowest BCUT2D eigenvalue weighted by atomic mass is 10.0. The fraction of sp³-hybridized carbons (Fsp3) is 0.250. The van der Waals surface area contributed by atoms with E-state index in [1.54, 1.807) is 0 Å². The van der Waals surface area contributed by atoms with Gasteiger partial charge in [-0.1, -0.05) is 24.3 Å². The van der Waals surface area contributed by atoms with Crippen LogP contribution in [0, 0.1) is 45.1 Å². The predicted octanol–water partition coefficient (Wildman–Crippen LogP) is 8.24. The maximum absolute atomic E-state index is 4.20. The van der Waals surface area contributed by atoms with Crippen LogP contribution in [0.15, 0.2) is 64.8 Å². The Kier molecular flexibility index (Phi) is 7.72. The molecule has 3 aromatic rings. The minimum atomic E-state index is 0.890. The minimum absolute atomic E-state index is 0.890. The van der Waals surface area contributed by atoms with Crippen LogP contribution >= 0.6 is 22.6 Å². The lowest BCUT2D eigenvalue weighted by Gasteiger charge is -2.09. The van der Waals surface area contributed by atoms with Crippen molar-refractivity contribution in [3.05, 3.63) is 91.5 Å². The maximum Gasteiger partial charge on any atom is 0.0859 e. The summed E-state index contributed by atoms with van der Waals surface area (Å²) in [5.74, 6) is 0. The first-order valence-electron chi connectivity index (χ1n) is 9.06. The lowest BCUT2D eigenvalue weighted by molar-refractivity contribution is 1.20. The van der Waals surface area contributed by atoms with Crippen molar-refractivity contribution in [2.75, 3.05) is 0 Å². The highest BCUT2D eigenvalue weighted by Crippen LogP contribution is 2.22. The van der Waals surface area contributed by atoms with Gasteiger partial charge in [0.2, 0.25) is 0 Å². The number of hydrogen-bond acceptors (Lipinski definition) is 2. The molecule has 3 heteroatoms. The Morgan fingerprint density at radius 1 is 0.593 bits per heavy atom. The van der Waals surface area contributed by atoms with Crippen LogP contribution in [0.4, 0.5) is 11.4 Å². The van der Waals surface area contributed by atoms with E-state index >= 15 is 0 Å². The van der Waals surface area contributed by atoms with Crippen LogP contribution in [-0.2, 0) is 0 Å². The van der Waals surface area contributed by atoms with Gasteiger partial charge in [-0.3, -0.25) is 0 Å². The predicted molar refractivity (Wildman–Crippen MR) is 125 cm³/mol. The molecule has 0 aliphatic rings. The number of benzene rings is 3. The molecule has 0 aliphatic carbocycles. The molecule has 0 atom stereocenters. The summed E-state index contributed by atoms with van der Waals surface area (Å²) in [4.78, 5) is 0. The van der Waals surface area contributed by atoms with E-state index < -0.39 is 0 Å². The fourth-order valence-electron chi connectivity index (χ4n) is 2.66. The molecule has 0 heterocycles. The molecule has 0 fully saturated rings. The molecule has 0 bridgehead atoms. The summed E-state index contributed by atoms with van der Waals surface area (Å²) in [7, 11) is 0. The van der Waals surface area contributed by atoms with E-state index in [4.69, 9.17) is 0 Å². The molecule has 2 nitrogen and oxygen atoms in total. The molecule has 0 aliphatic heterocycles. The molecule has 0 saturated carbocycles. The van der Waals surface area contributed by atoms with Crippen LogP contribution in [0.25, 0.3) is 0 Å². The summed E-state index contributed by atoms with van der Waals surface area (Å²) in [6.45, 7) is 12.8. The SMILES string of the molecule is Cc1cc(I)c(C)c(C)c1C.Cc1cccc(N=Nc2cccc(C)c2)c1. The van der Waals surface area contributed by atoms with Crippen molar-refractivity contribution in [3.63, 3.8) is 0 Å². The molecule has 140 valence electrons. The molecule has 3 aromatic carbocycles. The summed E-state index contributed by atoms with van der Waals surface area (Å²) < 4.78 is 1.38. The second kappa shape index (κ2) is 9.79. The summed E-state index contributed by atoms with van der Waals surface area (Å²) in [5, 5.41) is 8.41. The van der Waals surface area contributed by atoms with Crippen LogP contribution < -0.4 is 0 Å². The van der Waals surface area contributed by atoms with Crippen molar-refractivity contribution < 1.29 is 0 Å². The lowest BCUT2D eigenvalue weighted by Crippen LogP contribution is -1.93. The number of rotatable bonds is 2. The molecule has 3 rings (SSSR count). The van der Waals surface area contributed by atoms with Crippen molar-refractivity contribution in [3.8, 4) is 0 Å². The number of hydrogen-bond donors (Lipinski definition) is 0. The maximum atomic E-state index is 4.20. The average Bonchev–Trinajstić information content (AvgIpc) is 2.64. The Balaban J connectivity index is 0.000000208. The highest BCUT2D eigenvalue weighted by molar-refractivity contribution is 14.1. The Hall–Kier alpha value is -2.01. The molecule has 0 N–H and O–H groups in total. The second-order valence-electron chi connectivity index (χ2n) is 6.93. The Labute approximate surface area is 176 Å². The van der Waals surface area contributed by atoms with Gasteiger partial charge >= 0.3 is 0 Å². The first kappa shape index (κ1) is 21.3. The number of azo groups is 1. The van der Waals surface area contributed by atoms with E-state index in [1.807, 2.05) is 62.4 Å². The molecule has 27 heavy (non-hydrogen) atoms. The van der Waals surface area contributed by atoms with Gasteiger partial charge < -0.3 is 0 Å². The smallest absolute Gasteiger partial charge is 0.0859 e. The highest BCUT2D eigenvalue weighted by atomic mass is 127. The third-order valence-corrected chi connectivity index (χ3v) is 5.82. The van der Waals surface area contributed by atoms with E-state index in [2.05, 4.69) is 66.6 Å². The molecule has 0 unspecified atom stereocenters. The normalized spacial score (nSPS) is 10.6. The van der Waals surface area contributed by atoms with Gasteiger partial charge in [0.1, 0.15) is 0 Å². The molecule has 0 aromatic heterocycles. The minimum Gasteiger partial charge on any atom is -0.151 e. The van der Waals surface area contributed by atoms with Crippen molar-refractivity contribution >= 4 is 34.0 Å². The third kappa shape index (κ3) is 6.28. The third-order valence-electron chi connectivity index (χ3n) is 4.70. The monoisotopic (exact) mass is 470 g/mol. The van der Waals surface area contributed by atoms with Crippen molar-refractivity contribution in [2.24, 2.45) is 10.2 Å². The Morgan fingerprint density at radius 2 is 1.07 bits per heavy atom.